The fourth-order valence-corrected chi connectivity index (χ4v) is 3.75. The zero-order valence-electron chi connectivity index (χ0n) is 19.0. The maximum absolute atomic E-state index is 10.3. The second-order valence-electron chi connectivity index (χ2n) is 8.04. The van der Waals surface area contributed by atoms with Crippen LogP contribution in [0.2, 0.25) is 0 Å². The highest BCUT2D eigenvalue weighted by Gasteiger charge is 2.16. The van der Waals surface area contributed by atoms with Gasteiger partial charge in [-0.1, -0.05) is 6.07 Å². The SMILES string of the molecule is COc1cc(CNCCCn2nc(C)cc2C)ccc1OCC(O)CN1CCOCC1. The van der Waals surface area contributed by atoms with Crippen molar-refractivity contribution in [3.05, 3.63) is 41.2 Å². The lowest BCUT2D eigenvalue weighted by Crippen LogP contribution is -2.42. The van der Waals surface area contributed by atoms with Crippen molar-refractivity contribution in [2.45, 2.75) is 39.5 Å². The molecule has 0 radical (unpaired) electrons. The Labute approximate surface area is 185 Å². The number of ether oxygens (including phenoxy) is 3. The Bertz CT molecular complexity index is 805. The summed E-state index contributed by atoms with van der Waals surface area (Å²) in [5.41, 5.74) is 3.39. The van der Waals surface area contributed by atoms with Crippen LogP contribution in [-0.4, -0.2) is 79.0 Å². The summed E-state index contributed by atoms with van der Waals surface area (Å²) >= 11 is 0. The first-order valence-electron chi connectivity index (χ1n) is 11.0. The van der Waals surface area contributed by atoms with E-state index in [0.29, 0.717) is 18.0 Å². The number of aryl methyl sites for hydroxylation is 3. The third-order valence-electron chi connectivity index (χ3n) is 5.39. The molecule has 0 amide bonds. The normalized spacial score (nSPS) is 15.7. The van der Waals surface area contributed by atoms with Gasteiger partial charge in [0.15, 0.2) is 11.5 Å². The van der Waals surface area contributed by atoms with Crippen molar-refractivity contribution in [2.24, 2.45) is 0 Å². The summed E-state index contributed by atoms with van der Waals surface area (Å²) in [6.07, 6.45) is 0.466. The van der Waals surface area contributed by atoms with Crippen LogP contribution in [0, 0.1) is 13.8 Å². The van der Waals surface area contributed by atoms with E-state index in [1.54, 1.807) is 7.11 Å². The molecule has 0 bridgehead atoms. The lowest BCUT2D eigenvalue weighted by atomic mass is 10.2. The van der Waals surface area contributed by atoms with Gasteiger partial charge in [-0.15, -0.1) is 0 Å². The quantitative estimate of drug-likeness (QED) is 0.495. The number of morpholine rings is 1. The molecule has 1 atom stereocenters. The van der Waals surface area contributed by atoms with Gasteiger partial charge in [0.2, 0.25) is 0 Å². The van der Waals surface area contributed by atoms with Crippen molar-refractivity contribution in [3.63, 3.8) is 0 Å². The Morgan fingerprint density at radius 3 is 2.71 bits per heavy atom. The predicted octanol–water partition coefficient (Wildman–Crippen LogP) is 1.76. The lowest BCUT2D eigenvalue weighted by molar-refractivity contribution is 0.00445. The Kier molecular flexibility index (Phi) is 9.14. The number of nitrogens with one attached hydrogen (secondary N) is 1. The van der Waals surface area contributed by atoms with Crippen LogP contribution >= 0.6 is 0 Å². The highest BCUT2D eigenvalue weighted by molar-refractivity contribution is 5.43. The molecule has 0 spiro atoms. The fourth-order valence-electron chi connectivity index (χ4n) is 3.75. The number of hydrogen-bond donors (Lipinski definition) is 2. The van der Waals surface area contributed by atoms with Crippen molar-refractivity contribution in [1.29, 1.82) is 0 Å². The number of hydrogen-bond acceptors (Lipinski definition) is 7. The van der Waals surface area contributed by atoms with Crippen LogP contribution in [0.25, 0.3) is 0 Å². The van der Waals surface area contributed by atoms with Gasteiger partial charge >= 0.3 is 0 Å². The lowest BCUT2D eigenvalue weighted by Gasteiger charge is -2.28. The highest BCUT2D eigenvalue weighted by Crippen LogP contribution is 2.28. The molecule has 2 heterocycles. The third kappa shape index (κ3) is 7.50. The van der Waals surface area contributed by atoms with Crippen LogP contribution < -0.4 is 14.8 Å². The van der Waals surface area contributed by atoms with Gasteiger partial charge in [0.25, 0.3) is 0 Å². The summed E-state index contributed by atoms with van der Waals surface area (Å²) in [5, 5.41) is 18.2. The topological polar surface area (TPSA) is 81.0 Å². The molecule has 1 unspecified atom stereocenters. The molecule has 0 aliphatic carbocycles. The first kappa shape index (κ1) is 23.5. The van der Waals surface area contributed by atoms with E-state index >= 15 is 0 Å². The van der Waals surface area contributed by atoms with E-state index in [0.717, 1.165) is 63.6 Å². The van der Waals surface area contributed by atoms with Crippen LogP contribution in [0.5, 0.6) is 11.5 Å². The summed E-state index contributed by atoms with van der Waals surface area (Å²) < 4.78 is 18.7. The highest BCUT2D eigenvalue weighted by atomic mass is 16.5. The van der Waals surface area contributed by atoms with Gasteiger partial charge in [-0.2, -0.15) is 5.10 Å². The summed E-state index contributed by atoms with van der Waals surface area (Å²) in [5.74, 6) is 1.33. The summed E-state index contributed by atoms with van der Waals surface area (Å²) in [6, 6.07) is 8.02. The minimum atomic E-state index is -0.550. The maximum atomic E-state index is 10.3. The minimum absolute atomic E-state index is 0.234. The molecule has 1 aromatic carbocycles. The van der Waals surface area contributed by atoms with Gasteiger partial charge < -0.3 is 24.6 Å². The molecule has 172 valence electrons. The van der Waals surface area contributed by atoms with Crippen LogP contribution in [0.3, 0.4) is 0 Å². The predicted molar refractivity (Wildman–Crippen MR) is 120 cm³/mol. The zero-order chi connectivity index (χ0) is 22.1. The molecule has 1 aliphatic rings. The molecule has 2 N–H and O–H groups in total. The number of nitrogens with zero attached hydrogens (tertiary/aromatic N) is 3. The number of rotatable bonds is 12. The molecule has 1 aromatic heterocycles. The second kappa shape index (κ2) is 12.0. The second-order valence-corrected chi connectivity index (χ2v) is 8.04. The Balaban J connectivity index is 1.39. The van der Waals surface area contributed by atoms with Crippen LogP contribution in [0.15, 0.2) is 24.3 Å². The molecule has 1 fully saturated rings. The van der Waals surface area contributed by atoms with Crippen LogP contribution in [0.1, 0.15) is 23.4 Å². The third-order valence-corrected chi connectivity index (χ3v) is 5.39. The molecule has 8 nitrogen and oxygen atoms in total. The van der Waals surface area contributed by atoms with E-state index in [4.69, 9.17) is 14.2 Å². The van der Waals surface area contributed by atoms with Gasteiger partial charge in [-0.05, 0) is 50.6 Å². The van der Waals surface area contributed by atoms with Crippen molar-refractivity contribution in [2.75, 3.05) is 53.1 Å². The largest absolute Gasteiger partial charge is 0.493 e. The fraction of sp³-hybridized carbons (Fsp3) is 0.609. The van der Waals surface area contributed by atoms with E-state index in [1.807, 2.05) is 25.1 Å². The number of benzene rings is 1. The number of methoxy groups -OCH3 is 1. The van der Waals surface area contributed by atoms with E-state index in [1.165, 1.54) is 5.69 Å². The first-order chi connectivity index (χ1) is 15.0. The van der Waals surface area contributed by atoms with E-state index in [9.17, 15) is 5.11 Å². The summed E-state index contributed by atoms with van der Waals surface area (Å²) in [4.78, 5) is 2.19. The van der Waals surface area contributed by atoms with Crippen LogP contribution in [-0.2, 0) is 17.8 Å². The van der Waals surface area contributed by atoms with Crippen molar-refractivity contribution in [1.82, 2.24) is 20.0 Å². The smallest absolute Gasteiger partial charge is 0.161 e. The van der Waals surface area contributed by atoms with Crippen molar-refractivity contribution >= 4 is 0 Å². The van der Waals surface area contributed by atoms with Gasteiger partial charge in [0.1, 0.15) is 12.7 Å². The number of aliphatic hydroxyl groups excluding tert-OH is 1. The van der Waals surface area contributed by atoms with Crippen LogP contribution in [0.4, 0.5) is 0 Å². The standard InChI is InChI=1S/C23H36N4O4/c1-18-13-19(2)27(25-18)8-4-7-24-15-20-5-6-22(23(14-20)29-3)31-17-21(28)16-26-9-11-30-12-10-26/h5-6,13-14,21,24,28H,4,7-12,15-17H2,1-3H3. The van der Waals surface area contributed by atoms with E-state index in [-0.39, 0.29) is 6.61 Å². The molecule has 31 heavy (non-hydrogen) atoms. The van der Waals surface area contributed by atoms with E-state index in [2.05, 4.69) is 33.0 Å². The molecule has 3 rings (SSSR count). The molecule has 2 aromatic rings. The molecular weight excluding hydrogens is 396 g/mol. The van der Waals surface area contributed by atoms with Gasteiger partial charge in [0, 0.05) is 38.4 Å². The summed E-state index contributed by atoms with van der Waals surface area (Å²) in [7, 11) is 1.64. The maximum Gasteiger partial charge on any atom is 0.161 e. The van der Waals surface area contributed by atoms with Gasteiger partial charge in [0.05, 0.1) is 26.0 Å². The molecule has 1 aliphatic heterocycles. The van der Waals surface area contributed by atoms with Crippen molar-refractivity contribution in [3.8, 4) is 11.5 Å². The van der Waals surface area contributed by atoms with E-state index < -0.39 is 6.10 Å². The Morgan fingerprint density at radius 1 is 1.19 bits per heavy atom. The summed E-state index contributed by atoms with van der Waals surface area (Å²) in [6.45, 7) is 10.7. The van der Waals surface area contributed by atoms with Crippen molar-refractivity contribution < 1.29 is 19.3 Å². The Hall–Kier alpha value is -2.13. The molecule has 1 saturated heterocycles. The number of aliphatic hydroxyl groups is 1. The minimum Gasteiger partial charge on any atom is -0.493 e. The first-order valence-corrected chi connectivity index (χ1v) is 11.0. The average molecular weight is 433 g/mol. The Morgan fingerprint density at radius 2 is 2.00 bits per heavy atom. The number of β-amino-alcohol motifs (C(OH)–C–C–N with tert-alkyl or cyclic N) is 1. The van der Waals surface area contributed by atoms with Gasteiger partial charge in [-0.3, -0.25) is 9.58 Å². The average Bonchev–Trinajstić information content (AvgIpc) is 3.09. The molecule has 0 saturated carbocycles. The monoisotopic (exact) mass is 432 g/mol. The zero-order valence-corrected chi connectivity index (χ0v) is 19.0. The number of aromatic nitrogens is 2. The van der Waals surface area contributed by atoms with Gasteiger partial charge in [-0.25, -0.2) is 0 Å². The molecule has 8 heteroatoms. The molecular formula is C23H36N4O4.